The van der Waals surface area contributed by atoms with E-state index in [1.54, 1.807) is 4.90 Å². The van der Waals surface area contributed by atoms with Crippen LogP contribution in [0.15, 0.2) is 18.2 Å². The molecule has 2 rings (SSSR count). The van der Waals surface area contributed by atoms with E-state index < -0.39 is 18.3 Å². The Morgan fingerprint density at radius 2 is 1.75 bits per heavy atom. The van der Waals surface area contributed by atoms with Gasteiger partial charge in [-0.15, -0.1) is 24.8 Å². The van der Waals surface area contributed by atoms with E-state index in [0.717, 1.165) is 18.2 Å². The van der Waals surface area contributed by atoms with Crippen LogP contribution in [-0.2, 0) is 0 Å². The first-order valence-electron chi connectivity index (χ1n) is 5.81. The minimum atomic E-state index is -2.67. The molecule has 1 fully saturated rings. The minimum absolute atomic E-state index is 0. The number of rotatable bonds is 3. The Morgan fingerprint density at radius 3 is 2.30 bits per heavy atom. The highest BCUT2D eigenvalue weighted by molar-refractivity contribution is 5.85. The molecule has 0 spiro atoms. The number of halogens is 5. The van der Waals surface area contributed by atoms with Crippen LogP contribution in [0.5, 0.6) is 5.75 Å². The first-order valence-corrected chi connectivity index (χ1v) is 5.81. The van der Waals surface area contributed by atoms with Gasteiger partial charge in [-0.05, 0) is 18.2 Å². The number of phenols is 1. The molecule has 1 aromatic carbocycles. The highest BCUT2D eigenvalue weighted by atomic mass is 35.5. The Bertz CT molecular complexity index is 418. The Labute approximate surface area is 128 Å². The molecule has 0 saturated carbocycles. The Hall–Kier alpha value is -0.690. The number of aromatic hydroxyl groups is 1. The summed E-state index contributed by atoms with van der Waals surface area (Å²) in [6, 6.07) is 1.89. The summed E-state index contributed by atoms with van der Waals surface area (Å²) in [7, 11) is 0. The maximum Gasteiger partial charge on any atom is 0.258 e. The molecule has 20 heavy (non-hydrogen) atoms. The molecule has 2 N–H and O–H groups in total. The molecule has 1 aliphatic rings. The molecular formula is C12H17Cl2F3N2O. The zero-order chi connectivity index (χ0) is 13.1. The molecule has 3 nitrogen and oxygen atoms in total. The zero-order valence-corrected chi connectivity index (χ0v) is 12.2. The van der Waals surface area contributed by atoms with Gasteiger partial charge in [0, 0.05) is 31.7 Å². The number of hydrogen-bond donors (Lipinski definition) is 2. The molecule has 1 saturated heterocycles. The van der Waals surface area contributed by atoms with E-state index in [-0.39, 0.29) is 36.1 Å². The zero-order valence-electron chi connectivity index (χ0n) is 10.6. The van der Waals surface area contributed by atoms with Gasteiger partial charge in [-0.2, -0.15) is 0 Å². The maximum atomic E-state index is 13.2. The van der Waals surface area contributed by atoms with Crippen molar-refractivity contribution >= 4 is 24.8 Å². The fourth-order valence-corrected chi connectivity index (χ4v) is 2.21. The molecule has 1 aliphatic heterocycles. The molecule has 8 heteroatoms. The number of piperazine rings is 1. The third-order valence-corrected chi connectivity index (χ3v) is 3.09. The van der Waals surface area contributed by atoms with Gasteiger partial charge in [-0.1, -0.05) is 0 Å². The van der Waals surface area contributed by atoms with E-state index >= 15 is 0 Å². The molecular weight excluding hydrogens is 316 g/mol. The molecule has 116 valence electrons. The van der Waals surface area contributed by atoms with Gasteiger partial charge in [0.25, 0.3) is 6.43 Å². The lowest BCUT2D eigenvalue weighted by atomic mass is 10.0. The highest BCUT2D eigenvalue weighted by Gasteiger charge is 2.32. The average molecular weight is 333 g/mol. The van der Waals surface area contributed by atoms with Gasteiger partial charge in [-0.25, -0.2) is 13.2 Å². The van der Waals surface area contributed by atoms with Crippen LogP contribution >= 0.6 is 24.8 Å². The quantitative estimate of drug-likeness (QED) is 0.893. The first-order chi connectivity index (χ1) is 8.59. The Morgan fingerprint density at radius 1 is 1.15 bits per heavy atom. The van der Waals surface area contributed by atoms with Crippen molar-refractivity contribution < 1.29 is 18.3 Å². The second-order valence-corrected chi connectivity index (χ2v) is 4.27. The van der Waals surface area contributed by atoms with Crippen molar-refractivity contribution in [1.82, 2.24) is 10.2 Å². The molecule has 0 radical (unpaired) electrons. The minimum Gasteiger partial charge on any atom is -0.508 e. The SMILES string of the molecule is Cl.Cl.Oc1ccc(F)cc1[C@H](C(F)F)N1CCNCC1. The van der Waals surface area contributed by atoms with E-state index in [1.807, 2.05) is 0 Å². The van der Waals surface area contributed by atoms with Crippen molar-refractivity contribution in [1.29, 1.82) is 0 Å². The highest BCUT2D eigenvalue weighted by Crippen LogP contribution is 2.33. The van der Waals surface area contributed by atoms with Crippen LogP contribution in [-0.4, -0.2) is 42.6 Å². The number of nitrogens with one attached hydrogen (secondary N) is 1. The number of hydrogen-bond acceptors (Lipinski definition) is 3. The van der Waals surface area contributed by atoms with Crippen LogP contribution in [0.2, 0.25) is 0 Å². The number of phenolic OH excluding ortho intramolecular Hbond substituents is 1. The van der Waals surface area contributed by atoms with Crippen LogP contribution in [0, 0.1) is 5.82 Å². The van der Waals surface area contributed by atoms with Crippen molar-refractivity contribution in [3.8, 4) is 5.75 Å². The third kappa shape index (κ3) is 4.41. The smallest absolute Gasteiger partial charge is 0.258 e. The number of benzene rings is 1. The van der Waals surface area contributed by atoms with E-state index in [0.29, 0.717) is 26.2 Å². The van der Waals surface area contributed by atoms with Gasteiger partial charge in [0.15, 0.2) is 0 Å². The molecule has 0 aliphatic carbocycles. The summed E-state index contributed by atoms with van der Waals surface area (Å²) in [6.45, 7) is 2.12. The molecule has 1 heterocycles. The van der Waals surface area contributed by atoms with Crippen molar-refractivity contribution in [3.05, 3.63) is 29.6 Å². The second-order valence-electron chi connectivity index (χ2n) is 4.27. The largest absolute Gasteiger partial charge is 0.508 e. The second kappa shape index (κ2) is 8.56. The van der Waals surface area contributed by atoms with E-state index in [2.05, 4.69) is 5.32 Å². The van der Waals surface area contributed by atoms with Crippen LogP contribution in [0.3, 0.4) is 0 Å². The summed E-state index contributed by atoms with van der Waals surface area (Å²) in [5, 5.41) is 12.7. The predicted octanol–water partition coefficient (Wildman–Crippen LogP) is 2.59. The third-order valence-electron chi connectivity index (χ3n) is 3.09. The first kappa shape index (κ1) is 19.3. The van der Waals surface area contributed by atoms with Crippen LogP contribution < -0.4 is 5.32 Å². The Balaban J connectivity index is 0.00000180. The summed E-state index contributed by atoms with van der Waals surface area (Å²) in [5.41, 5.74) is -0.0492. The topological polar surface area (TPSA) is 35.5 Å². The normalized spacial score (nSPS) is 17.2. The van der Waals surface area contributed by atoms with Crippen molar-refractivity contribution in [2.24, 2.45) is 0 Å². The lowest BCUT2D eigenvalue weighted by Gasteiger charge is -2.34. The lowest BCUT2D eigenvalue weighted by molar-refractivity contribution is 0.0169. The van der Waals surface area contributed by atoms with Crippen molar-refractivity contribution in [3.63, 3.8) is 0 Å². The van der Waals surface area contributed by atoms with Crippen molar-refractivity contribution in [2.75, 3.05) is 26.2 Å². The van der Waals surface area contributed by atoms with Gasteiger partial charge < -0.3 is 10.4 Å². The molecule has 0 amide bonds. The fraction of sp³-hybridized carbons (Fsp3) is 0.500. The van der Waals surface area contributed by atoms with Gasteiger partial charge in [0.2, 0.25) is 0 Å². The van der Waals surface area contributed by atoms with E-state index in [1.165, 1.54) is 0 Å². The summed E-state index contributed by atoms with van der Waals surface area (Å²) in [5.74, 6) is -0.913. The lowest BCUT2D eigenvalue weighted by Crippen LogP contribution is -2.46. The van der Waals surface area contributed by atoms with Gasteiger partial charge in [0.1, 0.15) is 17.6 Å². The molecule has 0 aromatic heterocycles. The Kier molecular flexibility index (Phi) is 8.27. The van der Waals surface area contributed by atoms with Crippen molar-refractivity contribution in [2.45, 2.75) is 12.5 Å². The predicted molar refractivity (Wildman–Crippen MR) is 75.7 cm³/mol. The number of alkyl halides is 2. The van der Waals surface area contributed by atoms with E-state index in [9.17, 15) is 18.3 Å². The van der Waals surface area contributed by atoms with Gasteiger partial charge in [0.05, 0.1) is 0 Å². The number of nitrogens with zero attached hydrogens (tertiary/aromatic N) is 1. The standard InChI is InChI=1S/C12H15F3N2O.2ClH/c13-8-1-2-10(18)9(7-8)11(12(14)15)17-5-3-16-4-6-17;;/h1-2,7,11-12,16,18H,3-6H2;2*1H/t11-;;/m1../s1. The van der Waals surface area contributed by atoms with Crippen LogP contribution in [0.25, 0.3) is 0 Å². The summed E-state index contributed by atoms with van der Waals surface area (Å²) >= 11 is 0. The monoisotopic (exact) mass is 332 g/mol. The summed E-state index contributed by atoms with van der Waals surface area (Å²) < 4.78 is 39.5. The summed E-state index contributed by atoms with van der Waals surface area (Å²) in [4.78, 5) is 1.57. The molecule has 0 bridgehead atoms. The molecule has 0 unspecified atom stereocenters. The van der Waals surface area contributed by atoms with Gasteiger partial charge >= 0.3 is 0 Å². The fourth-order valence-electron chi connectivity index (χ4n) is 2.21. The molecule has 1 atom stereocenters. The van der Waals surface area contributed by atoms with E-state index in [4.69, 9.17) is 0 Å². The average Bonchev–Trinajstić information content (AvgIpc) is 2.35. The van der Waals surface area contributed by atoms with Gasteiger partial charge in [-0.3, -0.25) is 4.90 Å². The maximum absolute atomic E-state index is 13.2. The summed E-state index contributed by atoms with van der Waals surface area (Å²) in [6.07, 6.45) is -2.67. The van der Waals surface area contributed by atoms with Crippen LogP contribution in [0.4, 0.5) is 13.2 Å². The molecule has 1 aromatic rings. The van der Waals surface area contributed by atoms with Crippen LogP contribution in [0.1, 0.15) is 11.6 Å².